The van der Waals surface area contributed by atoms with Gasteiger partial charge in [0.25, 0.3) is 0 Å². The Labute approximate surface area is 178 Å². The highest BCUT2D eigenvalue weighted by atomic mass is 19.4. The van der Waals surface area contributed by atoms with Crippen LogP contribution < -0.4 is 10.6 Å². The molecule has 1 aromatic heterocycles. The lowest BCUT2D eigenvalue weighted by molar-refractivity contribution is -0.137. The third kappa shape index (κ3) is 5.43. The summed E-state index contributed by atoms with van der Waals surface area (Å²) < 4.78 is 38.8. The monoisotopic (exact) mass is 437 g/mol. The number of piperidine rings is 1. The predicted molar refractivity (Wildman–Crippen MR) is 111 cm³/mol. The molecule has 1 fully saturated rings. The maximum atomic E-state index is 12.9. The first-order valence-corrected chi connectivity index (χ1v) is 10.0. The average Bonchev–Trinajstić information content (AvgIpc) is 2.67. The van der Waals surface area contributed by atoms with Gasteiger partial charge in [0, 0.05) is 37.2 Å². The number of alkyl halides is 3. The zero-order valence-electron chi connectivity index (χ0n) is 17.7. The minimum absolute atomic E-state index is 0.144. The van der Waals surface area contributed by atoms with Crippen molar-refractivity contribution in [2.75, 3.05) is 25.5 Å². The summed E-state index contributed by atoms with van der Waals surface area (Å²) in [6, 6.07) is 2.91. The number of phenolic OH excluding ortho intramolecular Hbond substituents is 1. The minimum atomic E-state index is -4.56. The van der Waals surface area contributed by atoms with Crippen molar-refractivity contribution in [2.45, 2.75) is 45.5 Å². The Bertz CT molecular complexity index is 965. The van der Waals surface area contributed by atoms with Gasteiger partial charge >= 0.3 is 6.18 Å². The van der Waals surface area contributed by atoms with Gasteiger partial charge in [0.2, 0.25) is 5.91 Å². The van der Waals surface area contributed by atoms with Crippen molar-refractivity contribution in [1.29, 1.82) is 0 Å². The summed E-state index contributed by atoms with van der Waals surface area (Å²) in [4.78, 5) is 13.7. The van der Waals surface area contributed by atoms with Crippen LogP contribution in [0.4, 0.5) is 19.0 Å². The number of halogens is 3. The Kier molecular flexibility index (Phi) is 6.68. The molecule has 3 N–H and O–H groups in total. The molecule has 2 heterocycles. The van der Waals surface area contributed by atoms with E-state index in [4.69, 9.17) is 0 Å². The average molecular weight is 437 g/mol. The Morgan fingerprint density at radius 1 is 1.32 bits per heavy atom. The summed E-state index contributed by atoms with van der Waals surface area (Å²) in [6.07, 6.45) is -2.56. The summed E-state index contributed by atoms with van der Waals surface area (Å²) in [5, 5.41) is 24.8. The molecule has 0 spiro atoms. The van der Waals surface area contributed by atoms with Crippen LogP contribution >= 0.6 is 0 Å². The summed E-state index contributed by atoms with van der Waals surface area (Å²) in [5.41, 5.74) is 0.750. The SMILES string of the molecule is CC(=O)NCc1c(N[C@@H]2CCCN(C)C2)nnc(-c2ccc(C(F)(F)F)cc2O)c1C. The van der Waals surface area contributed by atoms with Gasteiger partial charge in [0.05, 0.1) is 5.56 Å². The second kappa shape index (κ2) is 9.09. The smallest absolute Gasteiger partial charge is 0.416 e. The molecule has 7 nitrogen and oxygen atoms in total. The van der Waals surface area contributed by atoms with Crippen molar-refractivity contribution in [3.05, 3.63) is 34.9 Å². The Hall–Kier alpha value is -2.88. The molecule has 1 saturated heterocycles. The van der Waals surface area contributed by atoms with Gasteiger partial charge in [0.1, 0.15) is 11.4 Å². The molecule has 1 aliphatic heterocycles. The summed E-state index contributed by atoms with van der Waals surface area (Å²) in [5.74, 6) is -0.243. The van der Waals surface area contributed by atoms with E-state index in [-0.39, 0.29) is 29.8 Å². The van der Waals surface area contributed by atoms with E-state index in [0.717, 1.165) is 32.0 Å². The fraction of sp³-hybridized carbons (Fsp3) is 0.476. The molecule has 0 radical (unpaired) electrons. The number of amides is 1. The van der Waals surface area contributed by atoms with Gasteiger partial charge in [-0.2, -0.15) is 13.2 Å². The molecule has 1 aromatic carbocycles. The molecule has 0 bridgehead atoms. The van der Waals surface area contributed by atoms with Crippen LogP contribution in [0.2, 0.25) is 0 Å². The molecule has 2 aromatic rings. The van der Waals surface area contributed by atoms with Crippen molar-refractivity contribution >= 4 is 11.7 Å². The van der Waals surface area contributed by atoms with E-state index >= 15 is 0 Å². The highest BCUT2D eigenvalue weighted by Gasteiger charge is 2.31. The van der Waals surface area contributed by atoms with Crippen LogP contribution in [0.3, 0.4) is 0 Å². The van der Waals surface area contributed by atoms with E-state index in [2.05, 4.69) is 25.7 Å². The van der Waals surface area contributed by atoms with Gasteiger partial charge in [0.15, 0.2) is 5.82 Å². The van der Waals surface area contributed by atoms with E-state index in [1.54, 1.807) is 6.92 Å². The van der Waals surface area contributed by atoms with Crippen LogP contribution in [0.25, 0.3) is 11.3 Å². The fourth-order valence-electron chi connectivity index (χ4n) is 3.74. The van der Waals surface area contributed by atoms with Crippen LogP contribution in [0.15, 0.2) is 18.2 Å². The number of carbonyl (C=O) groups excluding carboxylic acids is 1. The number of aromatic hydroxyl groups is 1. The lowest BCUT2D eigenvalue weighted by Crippen LogP contribution is -2.40. The van der Waals surface area contributed by atoms with Gasteiger partial charge in [-0.3, -0.25) is 4.79 Å². The lowest BCUT2D eigenvalue weighted by atomic mass is 9.99. The summed E-state index contributed by atoms with van der Waals surface area (Å²) in [7, 11) is 2.04. The van der Waals surface area contributed by atoms with E-state index in [9.17, 15) is 23.1 Å². The lowest BCUT2D eigenvalue weighted by Gasteiger charge is -2.31. The van der Waals surface area contributed by atoms with Crippen LogP contribution in [-0.4, -0.2) is 52.3 Å². The van der Waals surface area contributed by atoms with E-state index < -0.39 is 17.5 Å². The predicted octanol–water partition coefficient (Wildman–Crippen LogP) is 3.32. The zero-order chi connectivity index (χ0) is 22.8. The Morgan fingerprint density at radius 3 is 2.68 bits per heavy atom. The van der Waals surface area contributed by atoms with E-state index in [1.165, 1.54) is 13.0 Å². The van der Waals surface area contributed by atoms with Gasteiger partial charge in [-0.15, -0.1) is 10.2 Å². The number of phenols is 1. The van der Waals surface area contributed by atoms with Gasteiger partial charge in [-0.25, -0.2) is 0 Å². The molecular weight excluding hydrogens is 411 g/mol. The van der Waals surface area contributed by atoms with Gasteiger partial charge in [-0.05, 0) is 57.1 Å². The molecule has 10 heteroatoms. The highest BCUT2D eigenvalue weighted by Crippen LogP contribution is 2.37. The number of carbonyl (C=O) groups is 1. The van der Waals surface area contributed by atoms with Crippen molar-refractivity contribution in [3.8, 4) is 17.0 Å². The van der Waals surface area contributed by atoms with Crippen LogP contribution in [0, 0.1) is 6.92 Å². The molecule has 168 valence electrons. The number of hydrogen-bond acceptors (Lipinski definition) is 6. The minimum Gasteiger partial charge on any atom is -0.507 e. The number of rotatable bonds is 5. The van der Waals surface area contributed by atoms with E-state index in [1.807, 2.05) is 7.05 Å². The Balaban J connectivity index is 1.99. The molecule has 1 atom stereocenters. The molecule has 0 unspecified atom stereocenters. The molecule has 3 rings (SSSR count). The van der Waals surface area contributed by atoms with Crippen molar-refractivity contribution in [1.82, 2.24) is 20.4 Å². The molecule has 1 amide bonds. The number of likely N-dealkylation sites (tertiary alicyclic amines) is 1. The zero-order valence-corrected chi connectivity index (χ0v) is 17.7. The van der Waals surface area contributed by atoms with E-state index in [0.29, 0.717) is 23.0 Å². The number of aromatic nitrogens is 2. The second-order valence-electron chi connectivity index (χ2n) is 7.89. The Morgan fingerprint density at radius 2 is 2.06 bits per heavy atom. The first kappa shape index (κ1) is 22.8. The topological polar surface area (TPSA) is 90.4 Å². The number of nitrogens with one attached hydrogen (secondary N) is 2. The van der Waals surface area contributed by atoms with Gasteiger partial charge in [-0.1, -0.05) is 0 Å². The second-order valence-corrected chi connectivity index (χ2v) is 7.89. The number of hydrogen-bond donors (Lipinski definition) is 3. The first-order chi connectivity index (χ1) is 14.6. The highest BCUT2D eigenvalue weighted by molar-refractivity contribution is 5.75. The number of benzene rings is 1. The van der Waals surface area contributed by atoms with Crippen molar-refractivity contribution in [2.24, 2.45) is 0 Å². The quantitative estimate of drug-likeness (QED) is 0.665. The first-order valence-electron chi connectivity index (χ1n) is 10.0. The largest absolute Gasteiger partial charge is 0.507 e. The molecule has 0 saturated carbocycles. The molecule has 1 aliphatic rings. The van der Waals surface area contributed by atoms with Crippen LogP contribution in [-0.2, 0) is 17.5 Å². The van der Waals surface area contributed by atoms with Crippen LogP contribution in [0.5, 0.6) is 5.75 Å². The van der Waals surface area contributed by atoms with Crippen molar-refractivity contribution < 1.29 is 23.1 Å². The number of likely N-dealkylation sites (N-methyl/N-ethyl adjacent to an activating group) is 1. The normalized spacial score (nSPS) is 17.4. The van der Waals surface area contributed by atoms with Crippen LogP contribution in [0.1, 0.15) is 36.5 Å². The number of nitrogens with zero attached hydrogens (tertiary/aromatic N) is 3. The standard InChI is InChI=1S/C21H26F3N5O2/c1-12-17(10-25-13(2)30)20(26-15-5-4-8-29(3)11-15)28-27-19(12)16-7-6-14(9-18(16)31)21(22,23)24/h6-7,9,15,31H,4-5,8,10-11H2,1-3H3,(H,25,30)(H,26,28)/t15-/m1/s1. The maximum absolute atomic E-state index is 12.9. The summed E-state index contributed by atoms with van der Waals surface area (Å²) >= 11 is 0. The third-order valence-electron chi connectivity index (χ3n) is 5.40. The third-order valence-corrected chi connectivity index (χ3v) is 5.40. The maximum Gasteiger partial charge on any atom is 0.416 e. The number of anilines is 1. The molecule has 0 aliphatic carbocycles. The van der Waals surface area contributed by atoms with Crippen molar-refractivity contribution in [3.63, 3.8) is 0 Å². The molecular formula is C21H26F3N5O2. The summed E-state index contributed by atoms with van der Waals surface area (Å²) in [6.45, 7) is 5.18. The molecule has 31 heavy (non-hydrogen) atoms. The fourth-order valence-corrected chi connectivity index (χ4v) is 3.74. The van der Waals surface area contributed by atoms with Gasteiger partial charge < -0.3 is 20.6 Å².